The van der Waals surface area contributed by atoms with E-state index < -0.39 is 0 Å². The third-order valence-corrected chi connectivity index (χ3v) is 1.89. The van der Waals surface area contributed by atoms with Gasteiger partial charge >= 0.3 is 0 Å². The van der Waals surface area contributed by atoms with Crippen LogP contribution in [-0.2, 0) is 0 Å². The molecule has 3 N–H and O–H groups in total. The van der Waals surface area contributed by atoms with Crippen molar-refractivity contribution in [3.63, 3.8) is 0 Å². The SMILES string of the molecule is C=CC1CCNCC1N. The molecule has 9 heavy (non-hydrogen) atoms. The molecule has 1 heterocycles. The molecule has 0 spiro atoms. The molecule has 1 fully saturated rings. The summed E-state index contributed by atoms with van der Waals surface area (Å²) in [6, 6.07) is 0.288. The maximum absolute atomic E-state index is 5.76. The van der Waals surface area contributed by atoms with Crippen LogP contribution in [0.15, 0.2) is 12.7 Å². The predicted octanol–water partition coefficient (Wildman–Crippen LogP) is 0.109. The van der Waals surface area contributed by atoms with Gasteiger partial charge < -0.3 is 11.1 Å². The van der Waals surface area contributed by atoms with Gasteiger partial charge in [-0.05, 0) is 18.9 Å². The summed E-state index contributed by atoms with van der Waals surface area (Å²) in [5.41, 5.74) is 5.76. The number of hydrogen-bond donors (Lipinski definition) is 2. The van der Waals surface area contributed by atoms with Crippen LogP contribution in [0, 0.1) is 5.92 Å². The quantitative estimate of drug-likeness (QED) is 0.489. The predicted molar refractivity (Wildman–Crippen MR) is 39.1 cm³/mol. The standard InChI is InChI=1S/C7H14N2/c1-2-6-3-4-9-5-7(6)8/h2,6-7,9H,1,3-5,8H2. The van der Waals surface area contributed by atoms with Crippen LogP contribution in [0.2, 0.25) is 0 Å². The van der Waals surface area contributed by atoms with E-state index in [9.17, 15) is 0 Å². The Morgan fingerprint density at radius 1 is 1.67 bits per heavy atom. The van der Waals surface area contributed by atoms with Crippen LogP contribution >= 0.6 is 0 Å². The highest BCUT2D eigenvalue weighted by atomic mass is 14.9. The van der Waals surface area contributed by atoms with Crippen LogP contribution in [0.5, 0.6) is 0 Å². The number of piperidine rings is 1. The fraction of sp³-hybridized carbons (Fsp3) is 0.714. The molecule has 0 bridgehead atoms. The van der Waals surface area contributed by atoms with E-state index in [-0.39, 0.29) is 6.04 Å². The van der Waals surface area contributed by atoms with Crippen LogP contribution in [0.3, 0.4) is 0 Å². The van der Waals surface area contributed by atoms with Gasteiger partial charge in [-0.15, -0.1) is 6.58 Å². The molecule has 2 atom stereocenters. The van der Waals surface area contributed by atoms with Gasteiger partial charge in [0.05, 0.1) is 0 Å². The first-order valence-electron chi connectivity index (χ1n) is 3.43. The van der Waals surface area contributed by atoms with Gasteiger partial charge in [-0.25, -0.2) is 0 Å². The lowest BCUT2D eigenvalue weighted by Crippen LogP contribution is -2.45. The first kappa shape index (κ1) is 6.78. The molecule has 1 aliphatic heterocycles. The molecule has 0 amide bonds. The minimum absolute atomic E-state index is 0.288. The van der Waals surface area contributed by atoms with Crippen molar-refractivity contribution in [2.75, 3.05) is 13.1 Å². The molecule has 1 saturated heterocycles. The monoisotopic (exact) mass is 126 g/mol. The Hall–Kier alpha value is -0.340. The van der Waals surface area contributed by atoms with E-state index in [1.54, 1.807) is 0 Å². The highest BCUT2D eigenvalue weighted by molar-refractivity contribution is 4.91. The molecule has 0 radical (unpaired) electrons. The number of rotatable bonds is 1. The molecule has 1 aliphatic rings. The third-order valence-electron chi connectivity index (χ3n) is 1.89. The Morgan fingerprint density at radius 2 is 2.44 bits per heavy atom. The van der Waals surface area contributed by atoms with Crippen molar-refractivity contribution < 1.29 is 0 Å². The van der Waals surface area contributed by atoms with Gasteiger partial charge in [-0.1, -0.05) is 6.08 Å². The lowest BCUT2D eigenvalue weighted by atomic mass is 9.94. The van der Waals surface area contributed by atoms with Gasteiger partial charge in [0.25, 0.3) is 0 Å². The van der Waals surface area contributed by atoms with Crippen LogP contribution in [0.1, 0.15) is 6.42 Å². The average molecular weight is 126 g/mol. The van der Waals surface area contributed by atoms with Gasteiger partial charge in [0, 0.05) is 12.6 Å². The molecule has 52 valence electrons. The molecule has 0 aliphatic carbocycles. The summed E-state index contributed by atoms with van der Waals surface area (Å²) in [5, 5.41) is 3.23. The third kappa shape index (κ3) is 1.53. The lowest BCUT2D eigenvalue weighted by molar-refractivity contribution is 0.380. The Kier molecular flexibility index (Phi) is 2.25. The summed E-state index contributed by atoms with van der Waals surface area (Å²) in [7, 11) is 0. The largest absolute Gasteiger partial charge is 0.326 e. The maximum atomic E-state index is 5.76. The van der Waals surface area contributed by atoms with Crippen molar-refractivity contribution in [1.82, 2.24) is 5.32 Å². The summed E-state index contributed by atoms with van der Waals surface area (Å²) in [6.45, 7) is 5.76. The molecule has 1 rings (SSSR count). The molecule has 0 saturated carbocycles. The van der Waals surface area contributed by atoms with Crippen molar-refractivity contribution >= 4 is 0 Å². The van der Waals surface area contributed by atoms with Crippen molar-refractivity contribution in [3.05, 3.63) is 12.7 Å². The van der Waals surface area contributed by atoms with Crippen molar-refractivity contribution in [1.29, 1.82) is 0 Å². The van der Waals surface area contributed by atoms with Gasteiger partial charge in [0.2, 0.25) is 0 Å². The van der Waals surface area contributed by atoms with Gasteiger partial charge in [0.1, 0.15) is 0 Å². The average Bonchev–Trinajstić information content (AvgIpc) is 1.89. The van der Waals surface area contributed by atoms with Gasteiger partial charge in [-0.2, -0.15) is 0 Å². The van der Waals surface area contributed by atoms with Gasteiger partial charge in [0.15, 0.2) is 0 Å². The van der Waals surface area contributed by atoms with E-state index in [4.69, 9.17) is 5.73 Å². The first-order valence-corrected chi connectivity index (χ1v) is 3.43. The van der Waals surface area contributed by atoms with Gasteiger partial charge in [-0.3, -0.25) is 0 Å². The topological polar surface area (TPSA) is 38.0 Å². The summed E-state index contributed by atoms with van der Waals surface area (Å²) in [5.74, 6) is 0.534. The smallest absolute Gasteiger partial charge is 0.0229 e. The normalized spacial score (nSPS) is 36.1. The summed E-state index contributed by atoms with van der Waals surface area (Å²) < 4.78 is 0. The molecule has 2 unspecified atom stereocenters. The second-order valence-corrected chi connectivity index (χ2v) is 2.56. The van der Waals surface area contributed by atoms with E-state index in [1.165, 1.54) is 0 Å². The first-order chi connectivity index (χ1) is 4.34. The van der Waals surface area contributed by atoms with Crippen LogP contribution < -0.4 is 11.1 Å². The minimum atomic E-state index is 0.288. The fourth-order valence-electron chi connectivity index (χ4n) is 1.20. The second-order valence-electron chi connectivity index (χ2n) is 2.56. The van der Waals surface area contributed by atoms with Crippen LogP contribution in [0.25, 0.3) is 0 Å². The minimum Gasteiger partial charge on any atom is -0.326 e. The van der Waals surface area contributed by atoms with E-state index in [0.29, 0.717) is 5.92 Å². The summed E-state index contributed by atoms with van der Waals surface area (Å²) in [4.78, 5) is 0. The van der Waals surface area contributed by atoms with Crippen molar-refractivity contribution in [3.8, 4) is 0 Å². The molecule has 0 aromatic carbocycles. The second kappa shape index (κ2) is 2.99. The Balaban J connectivity index is 2.38. The molecule has 0 aromatic heterocycles. The molecular weight excluding hydrogens is 112 g/mol. The number of nitrogens with one attached hydrogen (secondary N) is 1. The Bertz CT molecular complexity index is 101. The highest BCUT2D eigenvalue weighted by Crippen LogP contribution is 2.10. The Morgan fingerprint density at radius 3 is 2.89 bits per heavy atom. The molecule has 2 heteroatoms. The zero-order chi connectivity index (χ0) is 6.69. The van der Waals surface area contributed by atoms with E-state index >= 15 is 0 Å². The summed E-state index contributed by atoms with van der Waals surface area (Å²) in [6.07, 6.45) is 3.11. The molecular formula is C7H14N2. The highest BCUT2D eigenvalue weighted by Gasteiger charge is 2.17. The Labute approximate surface area is 56.1 Å². The fourth-order valence-corrected chi connectivity index (χ4v) is 1.20. The van der Waals surface area contributed by atoms with Crippen LogP contribution in [-0.4, -0.2) is 19.1 Å². The maximum Gasteiger partial charge on any atom is 0.0229 e. The summed E-state index contributed by atoms with van der Waals surface area (Å²) >= 11 is 0. The van der Waals surface area contributed by atoms with Crippen LogP contribution in [0.4, 0.5) is 0 Å². The van der Waals surface area contributed by atoms with E-state index in [0.717, 1.165) is 19.5 Å². The van der Waals surface area contributed by atoms with Crippen molar-refractivity contribution in [2.24, 2.45) is 11.7 Å². The van der Waals surface area contributed by atoms with Crippen molar-refractivity contribution in [2.45, 2.75) is 12.5 Å². The zero-order valence-electron chi connectivity index (χ0n) is 5.64. The number of hydrogen-bond acceptors (Lipinski definition) is 2. The molecule has 0 aromatic rings. The zero-order valence-corrected chi connectivity index (χ0v) is 5.64. The van der Waals surface area contributed by atoms with E-state index in [2.05, 4.69) is 11.9 Å². The molecule has 2 nitrogen and oxygen atoms in total. The van der Waals surface area contributed by atoms with E-state index in [1.807, 2.05) is 6.08 Å². The lowest BCUT2D eigenvalue weighted by Gasteiger charge is -2.26. The number of nitrogens with two attached hydrogens (primary N) is 1.